The number of amides is 1. The van der Waals surface area contributed by atoms with Crippen molar-refractivity contribution in [1.29, 1.82) is 0 Å². The zero-order chi connectivity index (χ0) is 34.3. The number of nitrogens with one attached hydrogen (secondary N) is 1. The number of hydrogen-bond donors (Lipinski definition) is 2. The summed E-state index contributed by atoms with van der Waals surface area (Å²) in [4.78, 5) is 33.8. The van der Waals surface area contributed by atoms with Crippen LogP contribution in [0.4, 0.5) is 0 Å². The Labute approximate surface area is 287 Å². The average Bonchev–Trinajstić information content (AvgIpc) is 3.41. The molecular formula is C42H55N3O3. The van der Waals surface area contributed by atoms with E-state index in [1.807, 2.05) is 12.1 Å². The van der Waals surface area contributed by atoms with E-state index < -0.39 is 5.97 Å². The maximum Gasteiger partial charge on any atom is 0.335 e. The van der Waals surface area contributed by atoms with Crippen molar-refractivity contribution >= 4 is 17.4 Å². The summed E-state index contributed by atoms with van der Waals surface area (Å²) in [5, 5.41) is 13.1. The molecule has 5 aliphatic rings. The van der Waals surface area contributed by atoms with E-state index in [2.05, 4.69) is 69.5 Å². The molecule has 0 spiro atoms. The number of carbonyl (C=O) groups excluding carboxylic acids is 1. The third kappa shape index (κ3) is 4.78. The molecule has 2 N–H and O–H groups in total. The van der Waals surface area contributed by atoms with Crippen LogP contribution in [-0.4, -0.2) is 32.5 Å². The van der Waals surface area contributed by atoms with Crippen LogP contribution in [0.25, 0.3) is 5.57 Å². The quantitative estimate of drug-likeness (QED) is 0.305. The van der Waals surface area contributed by atoms with Gasteiger partial charge in [-0.3, -0.25) is 4.79 Å². The Morgan fingerprint density at radius 2 is 1.60 bits per heavy atom. The van der Waals surface area contributed by atoms with Crippen LogP contribution < -0.4 is 5.32 Å². The van der Waals surface area contributed by atoms with Crippen LogP contribution in [-0.2, 0) is 11.2 Å². The highest BCUT2D eigenvalue weighted by Crippen LogP contribution is 2.76. The molecular weight excluding hydrogens is 594 g/mol. The summed E-state index contributed by atoms with van der Waals surface area (Å²) in [6.45, 7) is 19.5. The van der Waals surface area contributed by atoms with Crippen molar-refractivity contribution in [3.8, 4) is 0 Å². The normalized spacial score (nSPS) is 39.5. The second kappa shape index (κ2) is 11.4. The number of carboxylic acid groups (broad SMARTS) is 1. The minimum Gasteiger partial charge on any atom is -0.478 e. The fourth-order valence-electron chi connectivity index (χ4n) is 13.1. The Balaban J connectivity index is 1.20. The molecule has 0 radical (unpaired) electrons. The van der Waals surface area contributed by atoms with Crippen molar-refractivity contribution < 1.29 is 14.7 Å². The van der Waals surface area contributed by atoms with Crippen LogP contribution in [0.5, 0.6) is 0 Å². The lowest BCUT2D eigenvalue weighted by molar-refractivity contribution is -0.219. The van der Waals surface area contributed by atoms with Gasteiger partial charge < -0.3 is 10.4 Å². The first-order valence-electron chi connectivity index (χ1n) is 18.4. The van der Waals surface area contributed by atoms with Gasteiger partial charge in [0, 0.05) is 17.9 Å². The lowest BCUT2D eigenvalue weighted by atomic mass is 9.33. The number of rotatable bonds is 6. The Morgan fingerprint density at radius 1 is 0.896 bits per heavy atom. The van der Waals surface area contributed by atoms with Gasteiger partial charge in [0.25, 0.3) is 0 Å². The topological polar surface area (TPSA) is 92.2 Å². The number of benzene rings is 1. The summed E-state index contributed by atoms with van der Waals surface area (Å²) < 4.78 is 0. The highest BCUT2D eigenvalue weighted by atomic mass is 16.4. The molecule has 2 aromatic rings. The number of aromatic nitrogens is 2. The van der Waals surface area contributed by atoms with E-state index in [0.29, 0.717) is 41.0 Å². The summed E-state index contributed by atoms with van der Waals surface area (Å²) in [5.74, 6) is 2.31. The summed E-state index contributed by atoms with van der Waals surface area (Å²) >= 11 is 0. The first kappa shape index (κ1) is 33.2. The highest BCUT2D eigenvalue weighted by Gasteiger charge is 2.70. The Morgan fingerprint density at radius 3 is 2.27 bits per heavy atom. The number of allylic oxidation sites excluding steroid dienone is 3. The predicted octanol–water partition coefficient (Wildman–Crippen LogP) is 8.94. The minimum absolute atomic E-state index is 0.0121. The van der Waals surface area contributed by atoms with Gasteiger partial charge in [0.2, 0.25) is 5.91 Å². The average molecular weight is 650 g/mol. The fraction of sp³-hybridized carbons (Fsp3) is 0.619. The molecule has 1 aromatic heterocycles. The standard InChI is InChI=1S/C42H55N3O3/c1-26(2)29-15-20-42(45-35(46)25-34-43-23-8-24-44-34)22-21-40(6)31(36(29)42)13-14-33-39(5)18-16-30(27-9-11-28(12-10-27)37(47)48)38(3,4)32(39)17-19-41(33,40)7/h8-12,16,23-24,29,31-33,36H,1,13-15,17-22,25H2,2-7H3,(H,45,46)(H,47,48). The van der Waals surface area contributed by atoms with Gasteiger partial charge in [0.1, 0.15) is 5.82 Å². The number of carbonyl (C=O) groups is 2. The molecule has 7 rings (SSSR count). The van der Waals surface area contributed by atoms with Crippen molar-refractivity contribution in [2.24, 2.45) is 51.2 Å². The molecule has 9 atom stereocenters. The van der Waals surface area contributed by atoms with Crippen LogP contribution in [0.1, 0.15) is 121 Å². The van der Waals surface area contributed by atoms with Crippen LogP contribution in [0.3, 0.4) is 0 Å². The van der Waals surface area contributed by atoms with E-state index in [0.717, 1.165) is 37.7 Å². The van der Waals surface area contributed by atoms with Crippen LogP contribution >= 0.6 is 0 Å². The molecule has 1 amide bonds. The third-order valence-corrected chi connectivity index (χ3v) is 15.4. The number of hydrogen-bond acceptors (Lipinski definition) is 4. The van der Waals surface area contributed by atoms with Crippen molar-refractivity contribution in [2.45, 2.75) is 111 Å². The van der Waals surface area contributed by atoms with E-state index in [1.165, 1.54) is 36.8 Å². The van der Waals surface area contributed by atoms with Gasteiger partial charge >= 0.3 is 5.97 Å². The zero-order valence-electron chi connectivity index (χ0n) is 29.9. The van der Waals surface area contributed by atoms with E-state index >= 15 is 0 Å². The molecule has 256 valence electrons. The highest BCUT2D eigenvalue weighted by molar-refractivity contribution is 5.88. The molecule has 0 bridgehead atoms. The van der Waals surface area contributed by atoms with Gasteiger partial charge in [0.05, 0.1) is 12.0 Å². The Kier molecular flexibility index (Phi) is 7.88. The summed E-state index contributed by atoms with van der Waals surface area (Å²) in [5.41, 5.74) is 4.54. The van der Waals surface area contributed by atoms with Gasteiger partial charge in [-0.25, -0.2) is 14.8 Å². The largest absolute Gasteiger partial charge is 0.478 e. The SMILES string of the molecule is C=C(C)C1CCC2(NC(=O)Cc3ncccn3)CCC3(C)C(CCC4C5(C)CC=C(c6ccc(C(=O)O)cc6)C(C)(C)C5CCC43C)C12. The van der Waals surface area contributed by atoms with Gasteiger partial charge in [-0.15, -0.1) is 0 Å². The lowest BCUT2D eigenvalue weighted by Crippen LogP contribution is -2.68. The molecule has 0 aliphatic heterocycles. The summed E-state index contributed by atoms with van der Waals surface area (Å²) in [7, 11) is 0. The molecule has 6 nitrogen and oxygen atoms in total. The van der Waals surface area contributed by atoms with Gasteiger partial charge in [-0.2, -0.15) is 0 Å². The Hall–Kier alpha value is -3.28. The maximum atomic E-state index is 13.6. The second-order valence-electron chi connectivity index (χ2n) is 17.7. The van der Waals surface area contributed by atoms with Gasteiger partial charge in [-0.1, -0.05) is 65.0 Å². The minimum atomic E-state index is -0.877. The van der Waals surface area contributed by atoms with Crippen molar-refractivity contribution in [2.75, 3.05) is 0 Å². The van der Waals surface area contributed by atoms with Gasteiger partial charge in [-0.05, 0) is 145 Å². The first-order chi connectivity index (χ1) is 22.7. The number of carboxylic acids is 1. The van der Waals surface area contributed by atoms with Crippen LogP contribution in [0.2, 0.25) is 0 Å². The molecule has 1 aromatic carbocycles. The smallest absolute Gasteiger partial charge is 0.335 e. The zero-order valence-corrected chi connectivity index (χ0v) is 29.9. The monoisotopic (exact) mass is 649 g/mol. The molecule has 9 unspecified atom stereocenters. The number of fused-ring (bicyclic) bond motifs is 7. The molecule has 5 aliphatic carbocycles. The molecule has 4 saturated carbocycles. The first-order valence-corrected chi connectivity index (χ1v) is 18.4. The van der Waals surface area contributed by atoms with Crippen molar-refractivity contribution in [1.82, 2.24) is 15.3 Å². The lowest BCUT2D eigenvalue weighted by Gasteiger charge is -2.72. The Bertz CT molecular complexity index is 1650. The van der Waals surface area contributed by atoms with E-state index in [-0.39, 0.29) is 39.5 Å². The molecule has 6 heteroatoms. The molecule has 4 fully saturated rings. The molecule has 48 heavy (non-hydrogen) atoms. The predicted molar refractivity (Wildman–Crippen MR) is 190 cm³/mol. The van der Waals surface area contributed by atoms with Crippen molar-refractivity contribution in [3.05, 3.63) is 77.9 Å². The molecule has 0 saturated heterocycles. The van der Waals surface area contributed by atoms with Crippen LogP contribution in [0, 0.1) is 51.2 Å². The number of aromatic carboxylic acids is 1. The van der Waals surface area contributed by atoms with Gasteiger partial charge in [0.15, 0.2) is 0 Å². The number of nitrogens with zero attached hydrogens (tertiary/aromatic N) is 2. The van der Waals surface area contributed by atoms with E-state index in [9.17, 15) is 14.7 Å². The molecule has 1 heterocycles. The third-order valence-electron chi connectivity index (χ3n) is 15.4. The van der Waals surface area contributed by atoms with Crippen LogP contribution in [0.15, 0.2) is 61.0 Å². The maximum absolute atomic E-state index is 13.6. The fourth-order valence-corrected chi connectivity index (χ4v) is 13.1. The van der Waals surface area contributed by atoms with E-state index in [1.54, 1.807) is 30.6 Å². The second-order valence-corrected chi connectivity index (χ2v) is 17.7. The summed E-state index contributed by atoms with van der Waals surface area (Å²) in [6.07, 6.45) is 16.4. The van der Waals surface area contributed by atoms with Crippen molar-refractivity contribution in [3.63, 3.8) is 0 Å². The summed E-state index contributed by atoms with van der Waals surface area (Å²) in [6, 6.07) is 9.33. The van der Waals surface area contributed by atoms with E-state index in [4.69, 9.17) is 0 Å².